The highest BCUT2D eigenvalue weighted by atomic mass is 15.0. The van der Waals surface area contributed by atoms with Crippen molar-refractivity contribution in [2.24, 2.45) is 0 Å². The topological polar surface area (TPSA) is 4.93 Å². The molecule has 0 aliphatic carbocycles. The van der Waals surface area contributed by atoms with E-state index in [-0.39, 0.29) is 0 Å². The maximum absolute atomic E-state index is 2.47. The van der Waals surface area contributed by atoms with E-state index < -0.39 is 0 Å². The Bertz CT molecular complexity index is 2540. The molecule has 206 valence electrons. The summed E-state index contributed by atoms with van der Waals surface area (Å²) < 4.78 is 2.47. The summed E-state index contributed by atoms with van der Waals surface area (Å²) in [6, 6.07) is 57.9. The maximum Gasteiger partial charge on any atom is 0.0547 e. The molecule has 0 aliphatic heterocycles. The van der Waals surface area contributed by atoms with Gasteiger partial charge < -0.3 is 4.57 Å². The van der Waals surface area contributed by atoms with E-state index >= 15 is 0 Å². The van der Waals surface area contributed by atoms with Crippen LogP contribution in [0.3, 0.4) is 0 Å². The van der Waals surface area contributed by atoms with Crippen LogP contribution in [0.25, 0.3) is 82.1 Å². The standard InChI is InChI=1S/C43H29N/c1-28-20-23-37-40(26-28)44(39-25-21-29-12-8-9-17-33(29)43(37)39)32-22-24-36-38(27-32)42(31-15-6-3-7-16-31)35-19-11-10-18-34(35)41(36)30-13-4-2-5-14-30/h2-27H,1H3. The average Bonchev–Trinajstić information content (AvgIpc) is 3.41. The minimum atomic E-state index is 1.17. The van der Waals surface area contributed by atoms with Gasteiger partial charge in [0, 0.05) is 16.5 Å². The molecule has 0 amide bonds. The maximum atomic E-state index is 2.47. The second-order valence-electron chi connectivity index (χ2n) is 11.8. The van der Waals surface area contributed by atoms with Crippen molar-refractivity contribution in [2.75, 3.05) is 0 Å². The van der Waals surface area contributed by atoms with Crippen LogP contribution in [-0.2, 0) is 0 Å². The molecule has 9 rings (SSSR count). The molecule has 0 aliphatic rings. The molecule has 0 radical (unpaired) electrons. The minimum absolute atomic E-state index is 1.17. The van der Waals surface area contributed by atoms with Gasteiger partial charge in [-0.1, -0.05) is 133 Å². The predicted molar refractivity (Wildman–Crippen MR) is 189 cm³/mol. The van der Waals surface area contributed by atoms with Crippen molar-refractivity contribution in [1.82, 2.24) is 4.57 Å². The Morgan fingerprint density at radius 2 is 0.955 bits per heavy atom. The Balaban J connectivity index is 1.46. The molecule has 8 aromatic carbocycles. The molecule has 0 bridgehead atoms. The summed E-state index contributed by atoms with van der Waals surface area (Å²) >= 11 is 0. The zero-order chi connectivity index (χ0) is 29.2. The third-order valence-corrected chi connectivity index (χ3v) is 9.20. The van der Waals surface area contributed by atoms with Crippen molar-refractivity contribution in [3.63, 3.8) is 0 Å². The first-order valence-electron chi connectivity index (χ1n) is 15.3. The van der Waals surface area contributed by atoms with Gasteiger partial charge in [0.25, 0.3) is 0 Å². The molecule has 0 saturated heterocycles. The average molecular weight is 560 g/mol. The van der Waals surface area contributed by atoms with Gasteiger partial charge in [-0.25, -0.2) is 0 Å². The molecule has 44 heavy (non-hydrogen) atoms. The molecule has 0 N–H and O–H groups in total. The first-order chi connectivity index (χ1) is 21.8. The highest BCUT2D eigenvalue weighted by Crippen LogP contribution is 2.45. The zero-order valence-corrected chi connectivity index (χ0v) is 24.5. The fourth-order valence-corrected chi connectivity index (χ4v) is 7.31. The Morgan fingerprint density at radius 1 is 0.386 bits per heavy atom. The molecule has 1 aromatic heterocycles. The Labute approximate surface area is 256 Å². The molecule has 1 heterocycles. The third kappa shape index (κ3) is 3.66. The Morgan fingerprint density at radius 3 is 1.66 bits per heavy atom. The van der Waals surface area contributed by atoms with Gasteiger partial charge in [0.1, 0.15) is 0 Å². The quantitative estimate of drug-likeness (QED) is 0.190. The molecule has 0 unspecified atom stereocenters. The van der Waals surface area contributed by atoms with Gasteiger partial charge in [0.2, 0.25) is 0 Å². The number of fused-ring (bicyclic) bond motifs is 7. The largest absolute Gasteiger partial charge is 0.309 e. The molecule has 0 fully saturated rings. The van der Waals surface area contributed by atoms with Crippen molar-refractivity contribution < 1.29 is 0 Å². The van der Waals surface area contributed by atoms with E-state index in [0.29, 0.717) is 0 Å². The van der Waals surface area contributed by atoms with Crippen molar-refractivity contribution in [3.8, 4) is 27.9 Å². The summed E-state index contributed by atoms with van der Waals surface area (Å²) in [5.41, 5.74) is 9.93. The molecule has 0 atom stereocenters. The molecule has 0 spiro atoms. The van der Waals surface area contributed by atoms with Crippen LogP contribution in [0.2, 0.25) is 0 Å². The van der Waals surface area contributed by atoms with E-state index in [1.165, 1.54) is 87.6 Å². The van der Waals surface area contributed by atoms with E-state index in [4.69, 9.17) is 0 Å². The van der Waals surface area contributed by atoms with Gasteiger partial charge in [-0.3, -0.25) is 0 Å². The van der Waals surface area contributed by atoms with Crippen LogP contribution in [0.5, 0.6) is 0 Å². The lowest BCUT2D eigenvalue weighted by Crippen LogP contribution is -1.96. The first-order valence-corrected chi connectivity index (χ1v) is 15.3. The lowest BCUT2D eigenvalue weighted by molar-refractivity contribution is 1.18. The second-order valence-corrected chi connectivity index (χ2v) is 11.8. The lowest BCUT2D eigenvalue weighted by atomic mass is 9.86. The molecular formula is C43H29N. The fourth-order valence-electron chi connectivity index (χ4n) is 7.31. The first kappa shape index (κ1) is 24.9. The van der Waals surface area contributed by atoms with Crippen LogP contribution in [0.1, 0.15) is 5.56 Å². The van der Waals surface area contributed by atoms with Gasteiger partial charge in [0.15, 0.2) is 0 Å². The lowest BCUT2D eigenvalue weighted by Gasteiger charge is -2.19. The second kappa shape index (κ2) is 9.69. The smallest absolute Gasteiger partial charge is 0.0547 e. The van der Waals surface area contributed by atoms with Gasteiger partial charge in [-0.15, -0.1) is 0 Å². The Hall–Kier alpha value is -5.66. The third-order valence-electron chi connectivity index (χ3n) is 9.20. The van der Waals surface area contributed by atoms with Crippen LogP contribution in [0, 0.1) is 6.92 Å². The summed E-state index contributed by atoms with van der Waals surface area (Å²) in [6.07, 6.45) is 0. The number of aryl methyl sites for hydroxylation is 1. The van der Waals surface area contributed by atoms with Gasteiger partial charge in [-0.05, 0) is 91.3 Å². The van der Waals surface area contributed by atoms with Crippen molar-refractivity contribution >= 4 is 54.1 Å². The van der Waals surface area contributed by atoms with E-state index in [1.807, 2.05) is 0 Å². The van der Waals surface area contributed by atoms with Crippen LogP contribution < -0.4 is 0 Å². The predicted octanol–water partition coefficient (Wildman–Crippen LogP) is 11.9. The monoisotopic (exact) mass is 559 g/mol. The SMILES string of the molecule is Cc1ccc2c3c4ccccc4ccc3n(-c3ccc4c(-c5ccccc5)c5ccccc5c(-c5ccccc5)c4c3)c2c1. The highest BCUT2D eigenvalue weighted by Gasteiger charge is 2.19. The highest BCUT2D eigenvalue weighted by molar-refractivity contribution is 6.23. The van der Waals surface area contributed by atoms with Crippen molar-refractivity contribution in [3.05, 3.63) is 163 Å². The number of hydrogen-bond acceptors (Lipinski definition) is 0. The summed E-state index contributed by atoms with van der Waals surface area (Å²) in [5, 5.41) is 10.2. The number of rotatable bonds is 3. The number of aromatic nitrogens is 1. The normalized spacial score (nSPS) is 11.8. The van der Waals surface area contributed by atoms with Crippen LogP contribution in [-0.4, -0.2) is 4.57 Å². The van der Waals surface area contributed by atoms with Gasteiger partial charge >= 0.3 is 0 Å². The van der Waals surface area contributed by atoms with E-state index in [9.17, 15) is 0 Å². The zero-order valence-electron chi connectivity index (χ0n) is 24.5. The van der Waals surface area contributed by atoms with Gasteiger partial charge in [-0.2, -0.15) is 0 Å². The summed E-state index contributed by atoms with van der Waals surface area (Å²) in [4.78, 5) is 0. The van der Waals surface area contributed by atoms with Crippen molar-refractivity contribution in [2.45, 2.75) is 6.92 Å². The van der Waals surface area contributed by atoms with E-state index in [1.54, 1.807) is 0 Å². The van der Waals surface area contributed by atoms with Gasteiger partial charge in [0.05, 0.1) is 11.0 Å². The van der Waals surface area contributed by atoms with Crippen LogP contribution >= 0.6 is 0 Å². The van der Waals surface area contributed by atoms with E-state index in [0.717, 1.165) is 0 Å². The Kier molecular flexibility index (Phi) is 5.48. The van der Waals surface area contributed by atoms with Crippen molar-refractivity contribution in [1.29, 1.82) is 0 Å². The number of benzene rings is 8. The van der Waals surface area contributed by atoms with Crippen LogP contribution in [0.15, 0.2) is 158 Å². The van der Waals surface area contributed by atoms with Crippen LogP contribution in [0.4, 0.5) is 0 Å². The molecular weight excluding hydrogens is 530 g/mol. The molecule has 1 nitrogen and oxygen atoms in total. The molecule has 0 saturated carbocycles. The number of nitrogens with zero attached hydrogens (tertiary/aromatic N) is 1. The summed E-state index contributed by atoms with van der Waals surface area (Å²) in [7, 11) is 0. The summed E-state index contributed by atoms with van der Waals surface area (Å²) in [5.74, 6) is 0. The molecule has 1 heteroatoms. The molecule has 9 aromatic rings. The van der Waals surface area contributed by atoms with E-state index in [2.05, 4.69) is 169 Å². The minimum Gasteiger partial charge on any atom is -0.309 e. The number of hydrogen-bond donors (Lipinski definition) is 0. The fraction of sp³-hybridized carbons (Fsp3) is 0.0233. The summed E-state index contributed by atoms with van der Waals surface area (Å²) in [6.45, 7) is 2.19.